The Balaban J connectivity index is 2.26. The van der Waals surface area contributed by atoms with Gasteiger partial charge in [-0.2, -0.15) is 15.0 Å². The quantitative estimate of drug-likeness (QED) is 0.938. The molecule has 18 heavy (non-hydrogen) atoms. The van der Waals surface area contributed by atoms with Crippen molar-refractivity contribution in [2.45, 2.75) is 0 Å². The van der Waals surface area contributed by atoms with Gasteiger partial charge in [0.1, 0.15) is 0 Å². The smallest absolute Gasteiger partial charge is 0.233 e. The highest BCUT2D eigenvalue weighted by Crippen LogP contribution is 2.19. The average molecular weight is 329 g/mol. The first-order chi connectivity index (χ1) is 8.54. The number of aromatic nitrogens is 3. The van der Waals surface area contributed by atoms with Gasteiger partial charge in [0.2, 0.25) is 17.2 Å². The van der Waals surface area contributed by atoms with Crippen LogP contribution in [-0.4, -0.2) is 29.0 Å². The van der Waals surface area contributed by atoms with Crippen LogP contribution in [0.3, 0.4) is 0 Å². The van der Waals surface area contributed by atoms with Crippen LogP contribution in [0.1, 0.15) is 0 Å². The highest BCUT2D eigenvalue weighted by Gasteiger charge is 2.06. The number of hydrogen-bond acceptors (Lipinski definition) is 5. The molecule has 0 saturated carbocycles. The van der Waals surface area contributed by atoms with E-state index in [1.54, 1.807) is 4.90 Å². The molecule has 2 rings (SSSR count). The van der Waals surface area contributed by atoms with Gasteiger partial charge in [-0.05, 0) is 35.9 Å². The molecule has 0 aliphatic carbocycles. The lowest BCUT2D eigenvalue weighted by molar-refractivity contribution is 0.961. The molecule has 0 unspecified atom stereocenters. The summed E-state index contributed by atoms with van der Waals surface area (Å²) in [5, 5.41) is 3.23. The second-order valence-electron chi connectivity index (χ2n) is 3.75. The van der Waals surface area contributed by atoms with E-state index >= 15 is 0 Å². The predicted molar refractivity (Wildman–Crippen MR) is 76.6 cm³/mol. The lowest BCUT2D eigenvalue weighted by Crippen LogP contribution is -2.14. The SMILES string of the molecule is CN(C)c1nc(Cl)nc(Nc2ccc(Br)cc2)n1. The number of nitrogens with zero attached hydrogens (tertiary/aromatic N) is 4. The van der Waals surface area contributed by atoms with Crippen molar-refractivity contribution in [3.8, 4) is 0 Å². The maximum atomic E-state index is 5.85. The minimum Gasteiger partial charge on any atom is -0.347 e. The Hall–Kier alpha value is -1.40. The largest absolute Gasteiger partial charge is 0.347 e. The van der Waals surface area contributed by atoms with Gasteiger partial charge in [-0.15, -0.1) is 0 Å². The molecule has 1 heterocycles. The minimum absolute atomic E-state index is 0.160. The van der Waals surface area contributed by atoms with E-state index in [0.717, 1.165) is 10.2 Å². The number of nitrogens with one attached hydrogen (secondary N) is 1. The van der Waals surface area contributed by atoms with Crippen LogP contribution in [0.15, 0.2) is 28.7 Å². The molecule has 0 atom stereocenters. The molecular formula is C11H11BrClN5. The summed E-state index contributed by atoms with van der Waals surface area (Å²) < 4.78 is 1.01. The van der Waals surface area contributed by atoms with Gasteiger partial charge in [-0.1, -0.05) is 15.9 Å². The van der Waals surface area contributed by atoms with Gasteiger partial charge in [-0.25, -0.2) is 0 Å². The first-order valence-corrected chi connectivity index (χ1v) is 6.33. The third kappa shape index (κ3) is 3.30. The van der Waals surface area contributed by atoms with Gasteiger partial charge in [0.25, 0.3) is 0 Å². The highest BCUT2D eigenvalue weighted by atomic mass is 79.9. The molecule has 2 aromatic rings. The van der Waals surface area contributed by atoms with Gasteiger partial charge in [0, 0.05) is 24.3 Å². The standard InChI is InChI=1S/C11H11BrClN5/c1-18(2)11-16-9(13)15-10(17-11)14-8-5-3-7(12)4-6-8/h3-6H,1-2H3,(H,14,15,16,17). The molecule has 0 fully saturated rings. The second kappa shape index (κ2) is 5.49. The van der Waals surface area contributed by atoms with Crippen LogP contribution in [0.5, 0.6) is 0 Å². The van der Waals surface area contributed by atoms with Gasteiger partial charge >= 0.3 is 0 Å². The van der Waals surface area contributed by atoms with Crippen LogP contribution in [0, 0.1) is 0 Å². The number of benzene rings is 1. The average Bonchev–Trinajstić information content (AvgIpc) is 2.31. The van der Waals surface area contributed by atoms with E-state index in [9.17, 15) is 0 Å². The number of hydrogen-bond donors (Lipinski definition) is 1. The maximum Gasteiger partial charge on any atom is 0.233 e. The molecule has 0 saturated heterocycles. The van der Waals surface area contributed by atoms with E-state index < -0.39 is 0 Å². The first kappa shape index (κ1) is 13.0. The molecule has 0 aliphatic rings. The summed E-state index contributed by atoms with van der Waals surface area (Å²) in [6, 6.07) is 7.68. The molecule has 5 nitrogen and oxygen atoms in total. The van der Waals surface area contributed by atoms with Crippen molar-refractivity contribution in [1.29, 1.82) is 0 Å². The van der Waals surface area contributed by atoms with Crippen molar-refractivity contribution >= 4 is 45.1 Å². The van der Waals surface area contributed by atoms with Crippen LogP contribution in [-0.2, 0) is 0 Å². The predicted octanol–water partition coefficient (Wildman–Crippen LogP) is 3.10. The molecule has 0 amide bonds. The van der Waals surface area contributed by atoms with Gasteiger partial charge in [0.15, 0.2) is 0 Å². The van der Waals surface area contributed by atoms with Crippen molar-refractivity contribution < 1.29 is 0 Å². The summed E-state index contributed by atoms with van der Waals surface area (Å²) >= 11 is 9.23. The topological polar surface area (TPSA) is 53.9 Å². The van der Waals surface area contributed by atoms with Crippen molar-refractivity contribution in [2.24, 2.45) is 0 Å². The normalized spacial score (nSPS) is 10.2. The third-order valence-corrected chi connectivity index (χ3v) is 2.79. The van der Waals surface area contributed by atoms with E-state index in [2.05, 4.69) is 36.2 Å². The Morgan fingerprint density at radius 3 is 2.39 bits per heavy atom. The molecule has 7 heteroatoms. The Bertz CT molecular complexity index is 544. The van der Waals surface area contributed by atoms with Crippen LogP contribution < -0.4 is 10.2 Å². The van der Waals surface area contributed by atoms with Gasteiger partial charge < -0.3 is 10.2 Å². The van der Waals surface area contributed by atoms with Crippen LogP contribution in [0.4, 0.5) is 17.6 Å². The van der Waals surface area contributed by atoms with Crippen molar-refractivity contribution in [3.05, 3.63) is 34.0 Å². The monoisotopic (exact) mass is 327 g/mol. The summed E-state index contributed by atoms with van der Waals surface area (Å²) in [4.78, 5) is 14.0. The lowest BCUT2D eigenvalue weighted by Gasteiger charge is -2.11. The Morgan fingerprint density at radius 1 is 1.11 bits per heavy atom. The molecule has 1 N–H and O–H groups in total. The Morgan fingerprint density at radius 2 is 1.78 bits per heavy atom. The summed E-state index contributed by atoms with van der Waals surface area (Å²) in [6.07, 6.45) is 0. The molecular weight excluding hydrogens is 318 g/mol. The van der Waals surface area contributed by atoms with E-state index in [1.807, 2.05) is 38.4 Å². The number of anilines is 3. The van der Waals surface area contributed by atoms with Crippen LogP contribution in [0.2, 0.25) is 5.28 Å². The Labute approximate surface area is 118 Å². The van der Waals surface area contributed by atoms with E-state index in [4.69, 9.17) is 11.6 Å². The molecule has 0 radical (unpaired) electrons. The second-order valence-corrected chi connectivity index (χ2v) is 5.01. The zero-order valence-corrected chi connectivity index (χ0v) is 12.2. The zero-order valence-electron chi connectivity index (χ0n) is 9.85. The fourth-order valence-electron chi connectivity index (χ4n) is 1.26. The highest BCUT2D eigenvalue weighted by molar-refractivity contribution is 9.10. The fraction of sp³-hybridized carbons (Fsp3) is 0.182. The summed E-state index contributed by atoms with van der Waals surface area (Å²) in [5.41, 5.74) is 0.880. The minimum atomic E-state index is 0.160. The van der Waals surface area contributed by atoms with Crippen LogP contribution in [0.25, 0.3) is 0 Å². The molecule has 0 spiro atoms. The first-order valence-electron chi connectivity index (χ1n) is 5.16. The number of rotatable bonds is 3. The van der Waals surface area contributed by atoms with E-state index in [0.29, 0.717) is 11.9 Å². The van der Waals surface area contributed by atoms with Gasteiger partial charge in [0.05, 0.1) is 0 Å². The maximum absolute atomic E-state index is 5.85. The lowest BCUT2D eigenvalue weighted by atomic mass is 10.3. The Kier molecular flexibility index (Phi) is 3.98. The van der Waals surface area contributed by atoms with Crippen molar-refractivity contribution in [2.75, 3.05) is 24.3 Å². The summed E-state index contributed by atoms with van der Waals surface area (Å²) in [5.74, 6) is 0.927. The molecule has 94 valence electrons. The molecule has 1 aromatic carbocycles. The molecule has 0 bridgehead atoms. The van der Waals surface area contributed by atoms with Crippen molar-refractivity contribution in [3.63, 3.8) is 0 Å². The fourth-order valence-corrected chi connectivity index (χ4v) is 1.68. The molecule has 1 aromatic heterocycles. The van der Waals surface area contributed by atoms with E-state index in [-0.39, 0.29) is 5.28 Å². The van der Waals surface area contributed by atoms with E-state index in [1.165, 1.54) is 0 Å². The number of halogens is 2. The third-order valence-electron chi connectivity index (χ3n) is 2.10. The summed E-state index contributed by atoms with van der Waals surface area (Å²) in [6.45, 7) is 0. The summed E-state index contributed by atoms with van der Waals surface area (Å²) in [7, 11) is 3.68. The van der Waals surface area contributed by atoms with Gasteiger partial charge in [-0.3, -0.25) is 0 Å². The molecule has 0 aliphatic heterocycles. The van der Waals surface area contributed by atoms with Crippen molar-refractivity contribution in [1.82, 2.24) is 15.0 Å². The zero-order chi connectivity index (χ0) is 13.1. The van der Waals surface area contributed by atoms with Crippen LogP contribution >= 0.6 is 27.5 Å².